The van der Waals surface area contributed by atoms with Gasteiger partial charge in [0.2, 0.25) is 5.89 Å². The number of rotatable bonds is 3. The average Bonchev–Trinajstić information content (AvgIpc) is 2.65. The molecule has 0 bridgehead atoms. The van der Waals surface area contributed by atoms with E-state index in [0.29, 0.717) is 11.1 Å². The van der Waals surface area contributed by atoms with Gasteiger partial charge in [-0.3, -0.25) is 0 Å². The van der Waals surface area contributed by atoms with Crippen molar-refractivity contribution in [3.63, 3.8) is 0 Å². The Morgan fingerprint density at radius 2 is 2.27 bits per heavy atom. The van der Waals surface area contributed by atoms with Gasteiger partial charge in [-0.25, -0.2) is 4.98 Å². The Bertz CT molecular complexity index is 441. The van der Waals surface area contributed by atoms with Gasteiger partial charge in [0.15, 0.2) is 0 Å². The van der Waals surface area contributed by atoms with Crippen LogP contribution in [0.5, 0.6) is 0 Å². The lowest BCUT2D eigenvalue weighted by Gasteiger charge is -1.97. The van der Waals surface area contributed by atoms with Crippen LogP contribution in [0.15, 0.2) is 33.0 Å². The van der Waals surface area contributed by atoms with E-state index in [4.69, 9.17) is 9.52 Å². The fourth-order valence-electron chi connectivity index (χ4n) is 0.974. The summed E-state index contributed by atoms with van der Waals surface area (Å²) in [5.41, 5.74) is 0.779. The fourth-order valence-corrected chi connectivity index (χ4v) is 1.64. The molecular formula is C9H9N3O2S. The van der Waals surface area contributed by atoms with Crippen LogP contribution in [0, 0.1) is 6.92 Å². The molecule has 6 heteroatoms. The summed E-state index contributed by atoms with van der Waals surface area (Å²) < 4.78 is 5.20. The zero-order valence-electron chi connectivity index (χ0n) is 8.04. The van der Waals surface area contributed by atoms with Crippen LogP contribution in [0.25, 0.3) is 0 Å². The molecule has 2 heterocycles. The molecule has 78 valence electrons. The van der Waals surface area contributed by atoms with E-state index < -0.39 is 0 Å². The lowest BCUT2D eigenvalue weighted by atomic mass is 10.3. The molecule has 0 aromatic carbocycles. The Balaban J connectivity index is 2.11. The summed E-state index contributed by atoms with van der Waals surface area (Å²) in [4.78, 5) is 4.13. The highest BCUT2D eigenvalue weighted by atomic mass is 32.2. The predicted molar refractivity (Wildman–Crippen MR) is 53.3 cm³/mol. The first kappa shape index (κ1) is 10.1. The Hall–Kier alpha value is -1.40. The average molecular weight is 223 g/mol. The number of hydrogen-bond donors (Lipinski definition) is 1. The molecule has 0 radical (unpaired) electrons. The minimum atomic E-state index is -0.00237. The van der Waals surface area contributed by atoms with E-state index in [2.05, 4.69) is 15.2 Å². The number of aromatic nitrogens is 3. The van der Waals surface area contributed by atoms with Gasteiger partial charge < -0.3 is 9.52 Å². The number of nitrogens with zero attached hydrogens (tertiary/aromatic N) is 3. The molecule has 0 aliphatic rings. The zero-order chi connectivity index (χ0) is 10.7. The maximum atomic E-state index is 8.83. The van der Waals surface area contributed by atoms with Crippen LogP contribution < -0.4 is 0 Å². The van der Waals surface area contributed by atoms with Gasteiger partial charge in [0, 0.05) is 13.1 Å². The van der Waals surface area contributed by atoms with Gasteiger partial charge in [0.1, 0.15) is 5.03 Å². The van der Waals surface area contributed by atoms with E-state index in [-0.39, 0.29) is 6.61 Å². The molecule has 0 atom stereocenters. The molecule has 2 rings (SSSR count). The van der Waals surface area contributed by atoms with Crippen LogP contribution in [0.4, 0.5) is 0 Å². The van der Waals surface area contributed by atoms with Crippen molar-refractivity contribution in [3.8, 4) is 0 Å². The van der Waals surface area contributed by atoms with Gasteiger partial charge in [0.25, 0.3) is 5.22 Å². The van der Waals surface area contributed by atoms with Crippen molar-refractivity contribution < 1.29 is 9.52 Å². The smallest absolute Gasteiger partial charge is 0.282 e. The van der Waals surface area contributed by atoms with Crippen LogP contribution >= 0.6 is 11.8 Å². The van der Waals surface area contributed by atoms with Crippen LogP contribution in [0.2, 0.25) is 0 Å². The third-order valence-corrected chi connectivity index (χ3v) is 2.47. The zero-order valence-corrected chi connectivity index (χ0v) is 8.86. The summed E-state index contributed by atoms with van der Waals surface area (Å²) in [5, 5.41) is 17.6. The van der Waals surface area contributed by atoms with Gasteiger partial charge in [-0.1, -0.05) is 6.07 Å². The Kier molecular flexibility index (Phi) is 2.98. The van der Waals surface area contributed by atoms with Crippen molar-refractivity contribution in [3.05, 3.63) is 29.8 Å². The summed E-state index contributed by atoms with van der Waals surface area (Å²) in [7, 11) is 0. The van der Waals surface area contributed by atoms with Crippen LogP contribution in [-0.2, 0) is 6.61 Å². The van der Waals surface area contributed by atoms with Crippen LogP contribution in [0.1, 0.15) is 11.5 Å². The number of aliphatic hydroxyl groups excluding tert-OH is 1. The third-order valence-electron chi connectivity index (χ3n) is 1.68. The van der Waals surface area contributed by atoms with Crippen LogP contribution in [-0.4, -0.2) is 20.3 Å². The summed E-state index contributed by atoms with van der Waals surface area (Å²) in [5.74, 6) is 0.532. The summed E-state index contributed by atoms with van der Waals surface area (Å²) in [6.45, 7) is 1.73. The number of hydrogen-bond acceptors (Lipinski definition) is 6. The monoisotopic (exact) mass is 223 g/mol. The highest BCUT2D eigenvalue weighted by Gasteiger charge is 2.05. The molecular weight excluding hydrogens is 214 g/mol. The molecule has 1 N–H and O–H groups in total. The van der Waals surface area contributed by atoms with E-state index in [1.807, 2.05) is 0 Å². The van der Waals surface area contributed by atoms with Gasteiger partial charge >= 0.3 is 0 Å². The van der Waals surface area contributed by atoms with E-state index in [0.717, 1.165) is 10.6 Å². The lowest BCUT2D eigenvalue weighted by Crippen LogP contribution is -1.85. The van der Waals surface area contributed by atoms with Gasteiger partial charge in [-0.05, 0) is 23.4 Å². The SMILES string of the molecule is Cc1nnc(Sc2ccc(CO)cn2)o1. The molecule has 2 aromatic rings. The molecule has 0 aliphatic carbocycles. The minimum absolute atomic E-state index is 0.00237. The first-order valence-electron chi connectivity index (χ1n) is 4.31. The van der Waals surface area contributed by atoms with Gasteiger partial charge in [-0.15, -0.1) is 10.2 Å². The number of aryl methyl sites for hydroxylation is 1. The number of aliphatic hydroxyl groups is 1. The van der Waals surface area contributed by atoms with Crippen molar-refractivity contribution >= 4 is 11.8 Å². The Morgan fingerprint density at radius 3 is 2.80 bits per heavy atom. The summed E-state index contributed by atoms with van der Waals surface area (Å²) in [6.07, 6.45) is 1.62. The first-order chi connectivity index (χ1) is 7.28. The van der Waals surface area contributed by atoms with E-state index in [1.54, 1.807) is 25.3 Å². The van der Waals surface area contributed by atoms with E-state index in [9.17, 15) is 0 Å². The quantitative estimate of drug-likeness (QED) is 0.848. The molecule has 0 saturated heterocycles. The third kappa shape index (κ3) is 2.54. The molecule has 0 unspecified atom stereocenters. The second kappa shape index (κ2) is 4.41. The largest absolute Gasteiger partial charge is 0.416 e. The predicted octanol–water partition coefficient (Wildman–Crippen LogP) is 1.42. The second-order valence-corrected chi connectivity index (χ2v) is 3.82. The van der Waals surface area contributed by atoms with E-state index >= 15 is 0 Å². The molecule has 0 spiro atoms. The first-order valence-corrected chi connectivity index (χ1v) is 5.13. The molecule has 0 fully saturated rings. The molecule has 5 nitrogen and oxygen atoms in total. The summed E-state index contributed by atoms with van der Waals surface area (Å²) in [6, 6.07) is 3.61. The molecule has 15 heavy (non-hydrogen) atoms. The van der Waals surface area contributed by atoms with Crippen molar-refractivity contribution in [2.45, 2.75) is 23.8 Å². The van der Waals surface area contributed by atoms with Gasteiger partial charge in [-0.2, -0.15) is 0 Å². The van der Waals surface area contributed by atoms with Gasteiger partial charge in [0.05, 0.1) is 6.61 Å². The summed E-state index contributed by atoms with van der Waals surface area (Å²) >= 11 is 1.29. The maximum absolute atomic E-state index is 8.83. The van der Waals surface area contributed by atoms with Crippen molar-refractivity contribution in [1.82, 2.24) is 15.2 Å². The minimum Gasteiger partial charge on any atom is -0.416 e. The normalized spacial score (nSPS) is 10.5. The molecule has 0 saturated carbocycles. The van der Waals surface area contributed by atoms with E-state index in [1.165, 1.54) is 11.8 Å². The van der Waals surface area contributed by atoms with Crippen molar-refractivity contribution in [2.75, 3.05) is 0 Å². The standard InChI is InChI=1S/C9H9N3O2S/c1-6-11-12-9(14-6)15-8-3-2-7(5-13)4-10-8/h2-4,13H,5H2,1H3. The Labute approximate surface area is 90.6 Å². The molecule has 2 aromatic heterocycles. The topological polar surface area (TPSA) is 72.0 Å². The fraction of sp³-hybridized carbons (Fsp3) is 0.222. The van der Waals surface area contributed by atoms with Crippen LogP contribution in [0.3, 0.4) is 0 Å². The van der Waals surface area contributed by atoms with Crippen molar-refractivity contribution in [2.24, 2.45) is 0 Å². The second-order valence-electron chi connectivity index (χ2n) is 2.85. The molecule has 0 aliphatic heterocycles. The van der Waals surface area contributed by atoms with Crippen molar-refractivity contribution in [1.29, 1.82) is 0 Å². The highest BCUT2D eigenvalue weighted by molar-refractivity contribution is 7.99. The Morgan fingerprint density at radius 1 is 1.40 bits per heavy atom. The number of pyridine rings is 1. The maximum Gasteiger partial charge on any atom is 0.282 e. The molecule has 0 amide bonds. The highest BCUT2D eigenvalue weighted by Crippen LogP contribution is 2.24. The lowest BCUT2D eigenvalue weighted by molar-refractivity contribution is 0.281.